The summed E-state index contributed by atoms with van der Waals surface area (Å²) < 4.78 is 17.2. The van der Waals surface area contributed by atoms with Crippen LogP contribution in [0.25, 0.3) is 21.9 Å². The lowest BCUT2D eigenvalue weighted by Crippen LogP contribution is -2.35. The van der Waals surface area contributed by atoms with Crippen LogP contribution in [0.1, 0.15) is 91.9 Å². The number of nitrogens with zero attached hydrogens (tertiary/aromatic N) is 1. The van der Waals surface area contributed by atoms with Gasteiger partial charge in [0.15, 0.2) is 16.9 Å². The van der Waals surface area contributed by atoms with Crippen molar-refractivity contribution in [1.29, 1.82) is 0 Å². The molecule has 0 atom stereocenters. The fourth-order valence-corrected chi connectivity index (χ4v) is 6.28. The number of ether oxygens (including phenoxy) is 1. The van der Waals surface area contributed by atoms with Gasteiger partial charge >= 0.3 is 5.63 Å². The van der Waals surface area contributed by atoms with Gasteiger partial charge in [-0.25, -0.2) is 4.79 Å². The Bertz CT molecular complexity index is 1660. The number of piperidine rings is 1. The molecule has 0 aliphatic carbocycles. The first-order valence-corrected chi connectivity index (χ1v) is 17.6. The Morgan fingerprint density at radius 1 is 0.936 bits per heavy atom. The van der Waals surface area contributed by atoms with E-state index in [1.165, 1.54) is 42.9 Å². The molecule has 0 N–H and O–H groups in total. The third kappa shape index (κ3) is 11.4. The van der Waals surface area contributed by atoms with Crippen LogP contribution in [0.15, 0.2) is 103 Å². The highest BCUT2D eigenvalue weighted by molar-refractivity contribution is 5.99. The lowest BCUT2D eigenvalue weighted by atomic mass is 9.91. The monoisotopic (exact) mass is 639 g/mol. The number of likely N-dealkylation sites (tertiary alicyclic amines) is 1. The molecule has 4 rings (SSSR count). The van der Waals surface area contributed by atoms with E-state index >= 15 is 0 Å². The molecular formula is C41H53NO5. The first-order valence-electron chi connectivity index (χ1n) is 17.6. The van der Waals surface area contributed by atoms with Crippen molar-refractivity contribution in [2.45, 2.75) is 91.9 Å². The highest BCUT2D eigenvalue weighted by atomic mass is 16.5. The SMILES string of the molecule is CCCCCC(C)=C(C=CC=CC=CC(C)=CC(=O)CC1CCN(CCCCOc2c3occc3cc3ccc(=O)oc23)CC1)CC. The Morgan fingerprint density at radius 2 is 1.70 bits per heavy atom. The van der Waals surface area contributed by atoms with Gasteiger partial charge in [-0.2, -0.15) is 0 Å². The molecule has 0 radical (unpaired) electrons. The standard InChI is InChI=1S/C41H53NO5/c1-5-7-10-16-32(4)34(6-2)17-12-9-8-11-15-31(3)28-37(43)29-33-20-24-42(25-21-33)23-13-14-26-45-41-39-36(22-27-46-39)30-35-18-19-38(44)47-40(35)41/h8-9,11-12,15,17-19,22,27-28,30,33H,5-7,10,13-14,16,20-21,23-26,29H2,1-4H3. The Labute approximate surface area is 280 Å². The molecule has 6 heteroatoms. The molecule has 1 aromatic carbocycles. The van der Waals surface area contributed by atoms with E-state index in [4.69, 9.17) is 13.6 Å². The summed E-state index contributed by atoms with van der Waals surface area (Å²) in [5.41, 5.74) is 4.54. The van der Waals surface area contributed by atoms with Crippen molar-refractivity contribution in [3.8, 4) is 5.75 Å². The van der Waals surface area contributed by atoms with Crippen molar-refractivity contribution < 1.29 is 18.4 Å². The summed E-state index contributed by atoms with van der Waals surface area (Å²) in [5, 5.41) is 1.73. The van der Waals surface area contributed by atoms with Crippen molar-refractivity contribution in [2.24, 2.45) is 5.92 Å². The average molecular weight is 640 g/mol. The van der Waals surface area contributed by atoms with Gasteiger partial charge in [0.25, 0.3) is 0 Å². The zero-order valence-electron chi connectivity index (χ0n) is 28.9. The minimum atomic E-state index is -0.408. The summed E-state index contributed by atoms with van der Waals surface area (Å²) in [6, 6.07) is 6.99. The lowest BCUT2D eigenvalue weighted by Gasteiger charge is -2.31. The van der Waals surface area contributed by atoms with Crippen LogP contribution in [0.3, 0.4) is 0 Å². The fourth-order valence-electron chi connectivity index (χ4n) is 6.28. The molecule has 252 valence electrons. The van der Waals surface area contributed by atoms with Gasteiger partial charge in [-0.3, -0.25) is 4.79 Å². The predicted molar refractivity (Wildman–Crippen MR) is 194 cm³/mol. The van der Waals surface area contributed by atoms with E-state index in [2.05, 4.69) is 43.9 Å². The van der Waals surface area contributed by atoms with Gasteiger partial charge in [-0.05, 0) is 120 Å². The summed E-state index contributed by atoms with van der Waals surface area (Å²) in [6.07, 6.45) is 26.6. The number of ketones is 1. The average Bonchev–Trinajstić information content (AvgIpc) is 3.53. The van der Waals surface area contributed by atoms with Crippen LogP contribution in [0.5, 0.6) is 5.75 Å². The van der Waals surface area contributed by atoms with E-state index in [0.29, 0.717) is 35.9 Å². The molecule has 3 heterocycles. The first-order chi connectivity index (χ1) is 22.9. The minimum absolute atomic E-state index is 0.220. The van der Waals surface area contributed by atoms with Crippen LogP contribution in [0, 0.1) is 5.92 Å². The number of benzene rings is 1. The minimum Gasteiger partial charge on any atom is -0.486 e. The van der Waals surface area contributed by atoms with Crippen molar-refractivity contribution in [3.05, 3.63) is 100 Å². The summed E-state index contributed by atoms with van der Waals surface area (Å²) in [4.78, 5) is 27.0. The molecule has 1 fully saturated rings. The van der Waals surface area contributed by atoms with Crippen LogP contribution < -0.4 is 10.4 Å². The normalized spacial score (nSPS) is 16.0. The molecule has 1 saturated heterocycles. The molecule has 0 amide bonds. The van der Waals surface area contributed by atoms with Gasteiger partial charge < -0.3 is 18.5 Å². The number of fused-ring (bicyclic) bond motifs is 2. The van der Waals surface area contributed by atoms with E-state index in [1.54, 1.807) is 18.4 Å². The second-order valence-electron chi connectivity index (χ2n) is 12.8. The second kappa shape index (κ2) is 19.0. The van der Waals surface area contributed by atoms with Gasteiger partial charge in [0.1, 0.15) is 0 Å². The quantitative estimate of drug-likeness (QED) is 0.0597. The van der Waals surface area contributed by atoms with Gasteiger partial charge in [0.05, 0.1) is 12.9 Å². The van der Waals surface area contributed by atoms with Gasteiger partial charge in [-0.1, -0.05) is 68.7 Å². The molecule has 0 bridgehead atoms. The van der Waals surface area contributed by atoms with Crippen molar-refractivity contribution >= 4 is 27.7 Å². The van der Waals surface area contributed by atoms with E-state index in [9.17, 15) is 9.59 Å². The van der Waals surface area contributed by atoms with Crippen molar-refractivity contribution in [3.63, 3.8) is 0 Å². The second-order valence-corrected chi connectivity index (χ2v) is 12.8. The molecule has 47 heavy (non-hydrogen) atoms. The highest BCUT2D eigenvalue weighted by Gasteiger charge is 2.21. The number of hydrogen-bond donors (Lipinski definition) is 0. The van der Waals surface area contributed by atoms with Gasteiger partial charge in [-0.15, -0.1) is 0 Å². The zero-order chi connectivity index (χ0) is 33.4. The topological polar surface area (TPSA) is 72.9 Å². The lowest BCUT2D eigenvalue weighted by molar-refractivity contribution is -0.115. The molecule has 1 aliphatic rings. The maximum atomic E-state index is 12.7. The summed E-state index contributed by atoms with van der Waals surface area (Å²) in [6.45, 7) is 12.3. The zero-order valence-corrected chi connectivity index (χ0v) is 28.9. The number of carbonyl (C=O) groups excluding carboxylic acids is 1. The van der Waals surface area contributed by atoms with E-state index in [0.717, 1.165) is 68.1 Å². The van der Waals surface area contributed by atoms with Crippen molar-refractivity contribution in [2.75, 3.05) is 26.2 Å². The first kappa shape index (κ1) is 35.9. The van der Waals surface area contributed by atoms with Crippen LogP contribution in [-0.4, -0.2) is 36.9 Å². The van der Waals surface area contributed by atoms with Gasteiger partial charge in [0, 0.05) is 23.3 Å². The number of hydrogen-bond acceptors (Lipinski definition) is 6. The molecule has 6 nitrogen and oxygen atoms in total. The van der Waals surface area contributed by atoms with Crippen molar-refractivity contribution in [1.82, 2.24) is 4.90 Å². The molecule has 0 saturated carbocycles. The molecule has 0 spiro atoms. The van der Waals surface area contributed by atoms with E-state index in [1.807, 2.05) is 37.3 Å². The molecule has 2 aromatic heterocycles. The van der Waals surface area contributed by atoms with Crippen LogP contribution in [0.2, 0.25) is 0 Å². The Balaban J connectivity index is 1.13. The Morgan fingerprint density at radius 3 is 2.47 bits per heavy atom. The van der Waals surface area contributed by atoms with Gasteiger partial charge in [0.2, 0.25) is 5.75 Å². The summed E-state index contributed by atoms with van der Waals surface area (Å²) in [5.74, 6) is 1.16. The number of carbonyl (C=O) groups is 1. The fraction of sp³-hybridized carbons (Fsp3) is 0.463. The van der Waals surface area contributed by atoms with Crippen LogP contribution >= 0.6 is 0 Å². The maximum absolute atomic E-state index is 12.7. The predicted octanol–water partition coefficient (Wildman–Crippen LogP) is 10.3. The number of unbranched alkanes of at least 4 members (excludes halogenated alkanes) is 3. The Hall–Kier alpha value is -3.90. The maximum Gasteiger partial charge on any atom is 0.336 e. The number of allylic oxidation sites excluding steroid dienone is 10. The summed E-state index contributed by atoms with van der Waals surface area (Å²) in [7, 11) is 0. The third-order valence-electron chi connectivity index (χ3n) is 9.06. The molecular weight excluding hydrogens is 586 g/mol. The highest BCUT2D eigenvalue weighted by Crippen LogP contribution is 2.35. The number of furan rings is 1. The van der Waals surface area contributed by atoms with Crippen LogP contribution in [-0.2, 0) is 4.79 Å². The number of rotatable bonds is 18. The smallest absolute Gasteiger partial charge is 0.336 e. The van der Waals surface area contributed by atoms with Crippen LogP contribution in [0.4, 0.5) is 0 Å². The largest absolute Gasteiger partial charge is 0.486 e. The Kier molecular flexibility index (Phi) is 14.6. The molecule has 1 aliphatic heterocycles. The summed E-state index contributed by atoms with van der Waals surface area (Å²) >= 11 is 0. The molecule has 3 aromatic rings. The molecule has 0 unspecified atom stereocenters. The van der Waals surface area contributed by atoms with E-state index in [-0.39, 0.29) is 5.78 Å². The van der Waals surface area contributed by atoms with E-state index < -0.39 is 5.63 Å². The third-order valence-corrected chi connectivity index (χ3v) is 9.06.